The highest BCUT2D eigenvalue weighted by molar-refractivity contribution is 9.10. The summed E-state index contributed by atoms with van der Waals surface area (Å²) in [6, 6.07) is 14.4. The van der Waals surface area contributed by atoms with E-state index in [-0.39, 0.29) is 17.2 Å². The third-order valence-electron chi connectivity index (χ3n) is 3.02. The van der Waals surface area contributed by atoms with Gasteiger partial charge in [-0.25, -0.2) is 0 Å². The summed E-state index contributed by atoms with van der Waals surface area (Å²) in [7, 11) is 0. The Morgan fingerprint density at radius 1 is 1.22 bits per heavy atom. The van der Waals surface area contributed by atoms with E-state index in [2.05, 4.69) is 21.2 Å². The van der Waals surface area contributed by atoms with Crippen molar-refractivity contribution in [1.82, 2.24) is 5.32 Å². The van der Waals surface area contributed by atoms with Gasteiger partial charge in [0.1, 0.15) is 0 Å². The second-order valence-electron chi connectivity index (χ2n) is 4.69. The fraction of sp³-hybridized carbons (Fsp3) is 0.188. The molecule has 0 spiro atoms. The number of carbonyl (C=O) groups excluding carboxylic acids is 1. The smallest absolute Gasteiger partial charge is 0.284 e. The van der Waals surface area contributed by atoms with Crippen molar-refractivity contribution in [3.63, 3.8) is 0 Å². The van der Waals surface area contributed by atoms with Gasteiger partial charge in [0.15, 0.2) is 0 Å². The van der Waals surface area contributed by atoms with Crippen LogP contribution in [0.15, 0.2) is 57.9 Å². The van der Waals surface area contributed by atoms with Crippen LogP contribution in [0, 0.1) is 10.1 Å². The summed E-state index contributed by atoms with van der Waals surface area (Å²) in [5, 5.41) is 13.7. The number of nitrogens with zero attached hydrogens (tertiary/aromatic N) is 1. The van der Waals surface area contributed by atoms with Crippen LogP contribution < -0.4 is 5.32 Å². The summed E-state index contributed by atoms with van der Waals surface area (Å²) < 4.78 is 0.360. The highest BCUT2D eigenvalue weighted by Crippen LogP contribution is 2.25. The van der Waals surface area contributed by atoms with E-state index in [4.69, 9.17) is 0 Å². The van der Waals surface area contributed by atoms with Crippen LogP contribution >= 0.6 is 27.7 Å². The first-order valence-electron chi connectivity index (χ1n) is 6.98. The molecule has 0 radical (unpaired) electrons. The summed E-state index contributed by atoms with van der Waals surface area (Å²) in [6.07, 6.45) is 0.823. The molecule has 0 aliphatic carbocycles. The van der Waals surface area contributed by atoms with E-state index in [1.165, 1.54) is 17.0 Å². The average Bonchev–Trinajstić information content (AvgIpc) is 2.55. The molecule has 0 unspecified atom stereocenters. The van der Waals surface area contributed by atoms with Gasteiger partial charge < -0.3 is 5.32 Å². The van der Waals surface area contributed by atoms with E-state index in [0.717, 1.165) is 12.2 Å². The molecule has 7 heteroatoms. The number of nitro benzene ring substituents is 1. The number of thioether (sulfide) groups is 1. The molecule has 2 aromatic carbocycles. The quantitative estimate of drug-likeness (QED) is 0.329. The Bertz CT molecular complexity index is 695. The lowest BCUT2D eigenvalue weighted by molar-refractivity contribution is -0.385. The van der Waals surface area contributed by atoms with Crippen molar-refractivity contribution in [1.29, 1.82) is 0 Å². The number of benzene rings is 2. The van der Waals surface area contributed by atoms with E-state index in [9.17, 15) is 14.9 Å². The van der Waals surface area contributed by atoms with Crippen LogP contribution in [0.2, 0.25) is 0 Å². The summed E-state index contributed by atoms with van der Waals surface area (Å²) >= 11 is 4.83. The summed E-state index contributed by atoms with van der Waals surface area (Å²) in [5.74, 6) is 0.593. The molecule has 0 aromatic heterocycles. The predicted molar refractivity (Wildman–Crippen MR) is 94.9 cm³/mol. The summed E-state index contributed by atoms with van der Waals surface area (Å²) in [6.45, 7) is 0.530. The molecular formula is C16H15BrN2O3S. The van der Waals surface area contributed by atoms with Crippen LogP contribution in [-0.2, 0) is 0 Å². The zero-order chi connectivity index (χ0) is 16.7. The average molecular weight is 395 g/mol. The van der Waals surface area contributed by atoms with Gasteiger partial charge in [0.05, 0.1) is 9.40 Å². The molecule has 120 valence electrons. The highest BCUT2D eigenvalue weighted by Gasteiger charge is 2.15. The second-order valence-corrected chi connectivity index (χ2v) is 6.72. The van der Waals surface area contributed by atoms with E-state index >= 15 is 0 Å². The lowest BCUT2D eigenvalue weighted by atomic mass is 10.2. The number of rotatable bonds is 7. The molecule has 0 aliphatic heterocycles. The minimum Gasteiger partial charge on any atom is -0.352 e. The highest BCUT2D eigenvalue weighted by atomic mass is 79.9. The number of halogens is 1. The molecule has 5 nitrogen and oxygen atoms in total. The fourth-order valence-corrected chi connectivity index (χ4v) is 3.14. The van der Waals surface area contributed by atoms with Crippen molar-refractivity contribution in [3.8, 4) is 0 Å². The molecule has 1 N–H and O–H groups in total. The van der Waals surface area contributed by atoms with E-state index in [0.29, 0.717) is 11.0 Å². The van der Waals surface area contributed by atoms with Gasteiger partial charge in [-0.15, -0.1) is 11.8 Å². The van der Waals surface area contributed by atoms with Gasteiger partial charge in [-0.1, -0.05) is 18.2 Å². The molecule has 1 amide bonds. The zero-order valence-electron chi connectivity index (χ0n) is 12.2. The van der Waals surface area contributed by atoms with Gasteiger partial charge in [0, 0.05) is 23.1 Å². The normalized spacial score (nSPS) is 10.3. The van der Waals surface area contributed by atoms with Gasteiger partial charge in [0.25, 0.3) is 11.6 Å². The third-order valence-corrected chi connectivity index (χ3v) is 4.79. The molecular weight excluding hydrogens is 380 g/mol. The minimum atomic E-state index is -0.517. The molecule has 0 aliphatic rings. The van der Waals surface area contributed by atoms with Gasteiger partial charge in [-0.05, 0) is 52.4 Å². The Labute approximate surface area is 146 Å². The van der Waals surface area contributed by atoms with Crippen LogP contribution in [-0.4, -0.2) is 23.1 Å². The second kappa shape index (κ2) is 8.69. The molecule has 2 aromatic rings. The maximum atomic E-state index is 12.0. The van der Waals surface area contributed by atoms with Crippen LogP contribution in [0.25, 0.3) is 0 Å². The van der Waals surface area contributed by atoms with Crippen molar-refractivity contribution in [2.75, 3.05) is 12.3 Å². The van der Waals surface area contributed by atoms with Gasteiger partial charge >= 0.3 is 0 Å². The first-order chi connectivity index (χ1) is 11.1. The van der Waals surface area contributed by atoms with Crippen LogP contribution in [0.1, 0.15) is 16.8 Å². The lowest BCUT2D eigenvalue weighted by Crippen LogP contribution is -2.24. The van der Waals surface area contributed by atoms with Crippen molar-refractivity contribution >= 4 is 39.3 Å². The van der Waals surface area contributed by atoms with Crippen molar-refractivity contribution in [2.24, 2.45) is 0 Å². The minimum absolute atomic E-state index is 0.114. The molecule has 0 saturated heterocycles. The molecule has 0 bridgehead atoms. The van der Waals surface area contributed by atoms with Crippen LogP contribution in [0.4, 0.5) is 5.69 Å². The number of amides is 1. The topological polar surface area (TPSA) is 72.2 Å². The standard InChI is InChI=1S/C16H15BrN2O3S/c17-14-8-7-12(11-15(14)19(21)22)16(20)18-9-4-10-23-13-5-2-1-3-6-13/h1-3,5-8,11H,4,9-10H2,(H,18,20). The molecule has 0 atom stereocenters. The Morgan fingerprint density at radius 3 is 2.65 bits per heavy atom. The number of hydrogen-bond acceptors (Lipinski definition) is 4. The Kier molecular flexibility index (Phi) is 6.61. The largest absolute Gasteiger partial charge is 0.352 e. The number of hydrogen-bond donors (Lipinski definition) is 1. The van der Waals surface area contributed by atoms with Gasteiger partial charge in [0.2, 0.25) is 0 Å². The molecule has 23 heavy (non-hydrogen) atoms. The summed E-state index contributed by atoms with van der Waals surface area (Å²) in [5.41, 5.74) is 0.174. The number of nitrogens with one attached hydrogen (secondary N) is 1. The predicted octanol–water partition coefficient (Wildman–Crippen LogP) is 4.27. The fourth-order valence-electron chi connectivity index (χ4n) is 1.88. The molecule has 2 rings (SSSR count). The van der Waals surface area contributed by atoms with Gasteiger partial charge in [-0.3, -0.25) is 14.9 Å². The zero-order valence-corrected chi connectivity index (χ0v) is 14.6. The number of carbonyl (C=O) groups is 1. The Morgan fingerprint density at radius 2 is 1.96 bits per heavy atom. The first-order valence-corrected chi connectivity index (χ1v) is 8.76. The maximum absolute atomic E-state index is 12.0. The molecule has 0 fully saturated rings. The summed E-state index contributed by atoms with van der Waals surface area (Å²) in [4.78, 5) is 23.6. The maximum Gasteiger partial charge on any atom is 0.284 e. The lowest BCUT2D eigenvalue weighted by Gasteiger charge is -2.06. The Balaban J connectivity index is 1.79. The van der Waals surface area contributed by atoms with Gasteiger partial charge in [-0.2, -0.15) is 0 Å². The van der Waals surface area contributed by atoms with E-state index in [1.807, 2.05) is 30.3 Å². The first kappa shape index (κ1) is 17.5. The van der Waals surface area contributed by atoms with Crippen molar-refractivity contribution in [2.45, 2.75) is 11.3 Å². The van der Waals surface area contributed by atoms with Crippen molar-refractivity contribution < 1.29 is 9.72 Å². The monoisotopic (exact) mass is 394 g/mol. The Hall–Kier alpha value is -1.86. The van der Waals surface area contributed by atoms with Crippen LogP contribution in [0.3, 0.4) is 0 Å². The molecule has 0 heterocycles. The third kappa shape index (κ3) is 5.37. The van der Waals surface area contributed by atoms with E-state index < -0.39 is 4.92 Å². The van der Waals surface area contributed by atoms with Crippen molar-refractivity contribution in [3.05, 3.63) is 68.7 Å². The number of nitro groups is 1. The SMILES string of the molecule is O=C(NCCCSc1ccccc1)c1ccc(Br)c([N+](=O)[O-])c1. The van der Waals surface area contributed by atoms with Crippen LogP contribution in [0.5, 0.6) is 0 Å². The molecule has 0 saturated carbocycles. The van der Waals surface area contributed by atoms with E-state index in [1.54, 1.807) is 17.8 Å².